The van der Waals surface area contributed by atoms with Gasteiger partial charge in [0.2, 0.25) is 5.91 Å². The van der Waals surface area contributed by atoms with Crippen molar-refractivity contribution in [2.45, 2.75) is 31.7 Å². The number of carbonyl (C=O) groups is 1. The van der Waals surface area contributed by atoms with Crippen molar-refractivity contribution in [1.82, 2.24) is 19.4 Å². The summed E-state index contributed by atoms with van der Waals surface area (Å²) in [6, 6.07) is 8.24. The first kappa shape index (κ1) is 16.8. The van der Waals surface area contributed by atoms with Crippen LogP contribution >= 0.6 is 0 Å². The fourth-order valence-electron chi connectivity index (χ4n) is 3.99. The number of hydrogen-bond acceptors (Lipinski definition) is 3. The summed E-state index contributed by atoms with van der Waals surface area (Å²) in [4.78, 5) is 22.9. The minimum absolute atomic E-state index is 0.0531. The smallest absolute Gasteiger partial charge is 0.232 e. The van der Waals surface area contributed by atoms with Gasteiger partial charge in [-0.3, -0.25) is 4.79 Å². The number of nitrogens with zero attached hydrogens (tertiary/aromatic N) is 3. The molecule has 1 aliphatic rings. The monoisotopic (exact) mass is 352 g/mol. The Morgan fingerprint density at radius 2 is 2.27 bits per heavy atom. The highest BCUT2D eigenvalue weighted by Gasteiger charge is 2.32. The zero-order valence-electron chi connectivity index (χ0n) is 15.0. The number of aliphatic hydroxyl groups excluding tert-OH is 1. The van der Waals surface area contributed by atoms with E-state index in [9.17, 15) is 9.90 Å². The lowest BCUT2D eigenvalue weighted by Gasteiger charge is -2.29. The van der Waals surface area contributed by atoms with Crippen LogP contribution in [0.15, 0.2) is 36.7 Å². The number of fused-ring (bicyclic) bond motifs is 3. The van der Waals surface area contributed by atoms with Gasteiger partial charge in [-0.15, -0.1) is 0 Å². The Labute approximate surface area is 152 Å². The number of aliphatic hydroxyl groups is 1. The number of rotatable bonds is 5. The minimum atomic E-state index is -0.182. The summed E-state index contributed by atoms with van der Waals surface area (Å²) in [5, 5.41) is 10.7. The van der Waals surface area contributed by atoms with E-state index in [4.69, 9.17) is 0 Å². The number of benzene rings is 1. The van der Waals surface area contributed by atoms with E-state index in [2.05, 4.69) is 22.1 Å². The molecule has 136 valence electrons. The average molecular weight is 352 g/mol. The van der Waals surface area contributed by atoms with E-state index < -0.39 is 0 Å². The van der Waals surface area contributed by atoms with Crippen LogP contribution in [-0.4, -0.2) is 43.6 Å². The molecule has 3 aromatic rings. The van der Waals surface area contributed by atoms with Gasteiger partial charge >= 0.3 is 0 Å². The Hall–Kier alpha value is -2.60. The molecule has 0 saturated carbocycles. The topological polar surface area (TPSA) is 74.2 Å². The molecule has 0 radical (unpaired) electrons. The zero-order valence-corrected chi connectivity index (χ0v) is 15.0. The molecule has 26 heavy (non-hydrogen) atoms. The van der Waals surface area contributed by atoms with E-state index in [-0.39, 0.29) is 18.4 Å². The number of imidazole rings is 1. The van der Waals surface area contributed by atoms with Gasteiger partial charge in [0.25, 0.3) is 0 Å². The van der Waals surface area contributed by atoms with E-state index >= 15 is 0 Å². The Morgan fingerprint density at radius 3 is 3.04 bits per heavy atom. The molecule has 1 atom stereocenters. The molecule has 6 nitrogen and oxygen atoms in total. The first-order chi connectivity index (χ1) is 12.7. The van der Waals surface area contributed by atoms with Crippen molar-refractivity contribution in [2.24, 2.45) is 7.05 Å². The van der Waals surface area contributed by atoms with Crippen LogP contribution in [0.4, 0.5) is 0 Å². The maximum absolute atomic E-state index is 13.3. The van der Waals surface area contributed by atoms with Gasteiger partial charge in [0.1, 0.15) is 5.82 Å². The Bertz CT molecular complexity index is 927. The SMILES string of the molecule is Cn1ccnc1CN(CCO)C(=O)C1CCCc2c1[nH]c1ccccc21. The molecule has 0 spiro atoms. The second kappa shape index (κ2) is 6.96. The van der Waals surface area contributed by atoms with Crippen LogP contribution in [0.2, 0.25) is 0 Å². The highest BCUT2D eigenvalue weighted by atomic mass is 16.3. The second-order valence-corrected chi connectivity index (χ2v) is 6.95. The molecule has 1 aliphatic carbocycles. The molecule has 0 fully saturated rings. The maximum Gasteiger partial charge on any atom is 0.232 e. The Morgan fingerprint density at radius 1 is 1.42 bits per heavy atom. The van der Waals surface area contributed by atoms with Gasteiger partial charge in [-0.1, -0.05) is 18.2 Å². The third kappa shape index (κ3) is 2.90. The van der Waals surface area contributed by atoms with Crippen molar-refractivity contribution >= 4 is 16.8 Å². The van der Waals surface area contributed by atoms with Gasteiger partial charge in [0, 0.05) is 42.6 Å². The molecule has 0 saturated heterocycles. The van der Waals surface area contributed by atoms with Crippen molar-refractivity contribution in [3.63, 3.8) is 0 Å². The summed E-state index contributed by atoms with van der Waals surface area (Å²) in [5.74, 6) is 0.701. The van der Waals surface area contributed by atoms with E-state index in [0.717, 1.165) is 36.3 Å². The summed E-state index contributed by atoms with van der Waals surface area (Å²) >= 11 is 0. The number of carbonyl (C=O) groups excluding carboxylic acids is 1. The lowest BCUT2D eigenvalue weighted by molar-refractivity contribution is -0.134. The minimum Gasteiger partial charge on any atom is -0.395 e. The maximum atomic E-state index is 13.3. The fraction of sp³-hybridized carbons (Fsp3) is 0.400. The number of aromatic amines is 1. The summed E-state index contributed by atoms with van der Waals surface area (Å²) < 4.78 is 1.91. The standard InChI is InChI=1S/C20H24N4O2/c1-23-10-9-21-18(23)13-24(11-12-25)20(26)16-7-4-6-15-14-5-2-3-8-17(14)22-19(15)16/h2-3,5,8-10,16,22,25H,4,6-7,11-13H2,1H3. The van der Waals surface area contributed by atoms with Crippen molar-refractivity contribution in [1.29, 1.82) is 0 Å². The predicted molar refractivity (Wildman–Crippen MR) is 99.7 cm³/mol. The number of hydrogen-bond donors (Lipinski definition) is 2. The van der Waals surface area contributed by atoms with Gasteiger partial charge in [-0.05, 0) is 30.9 Å². The number of H-pyrrole nitrogens is 1. The van der Waals surface area contributed by atoms with Crippen molar-refractivity contribution in [3.05, 3.63) is 53.7 Å². The van der Waals surface area contributed by atoms with E-state index in [1.807, 2.05) is 29.9 Å². The van der Waals surface area contributed by atoms with E-state index in [0.29, 0.717) is 13.1 Å². The normalized spacial score (nSPS) is 16.6. The van der Waals surface area contributed by atoms with Crippen LogP contribution in [0.5, 0.6) is 0 Å². The van der Waals surface area contributed by atoms with Gasteiger partial charge in [-0.2, -0.15) is 0 Å². The summed E-state index contributed by atoms with van der Waals surface area (Å²) in [6.45, 7) is 0.676. The van der Waals surface area contributed by atoms with Gasteiger partial charge in [-0.25, -0.2) is 4.98 Å². The highest BCUT2D eigenvalue weighted by molar-refractivity contribution is 5.90. The van der Waals surface area contributed by atoms with Crippen molar-refractivity contribution < 1.29 is 9.90 Å². The molecule has 4 rings (SSSR count). The van der Waals surface area contributed by atoms with Crippen LogP contribution in [-0.2, 0) is 24.8 Å². The average Bonchev–Trinajstić information content (AvgIpc) is 3.24. The number of amides is 1. The Balaban J connectivity index is 1.66. The van der Waals surface area contributed by atoms with E-state index in [1.54, 1.807) is 11.1 Å². The number of nitrogens with one attached hydrogen (secondary N) is 1. The van der Waals surface area contributed by atoms with Crippen LogP contribution < -0.4 is 0 Å². The second-order valence-electron chi connectivity index (χ2n) is 6.95. The third-order valence-electron chi connectivity index (χ3n) is 5.35. The Kier molecular flexibility index (Phi) is 4.51. The molecule has 1 unspecified atom stereocenters. The molecule has 2 N–H and O–H groups in total. The van der Waals surface area contributed by atoms with Gasteiger partial charge in [0.15, 0.2) is 0 Å². The molecule has 1 aromatic carbocycles. The molecular formula is C20H24N4O2. The van der Waals surface area contributed by atoms with Crippen LogP contribution in [0, 0.1) is 0 Å². The molecule has 2 heterocycles. The summed E-state index contributed by atoms with van der Waals surface area (Å²) in [5.41, 5.74) is 3.41. The van der Waals surface area contributed by atoms with Crippen LogP contribution in [0.25, 0.3) is 10.9 Å². The number of aromatic nitrogens is 3. The molecule has 2 aromatic heterocycles. The first-order valence-electron chi connectivity index (χ1n) is 9.14. The molecule has 6 heteroatoms. The van der Waals surface area contributed by atoms with Crippen LogP contribution in [0.3, 0.4) is 0 Å². The molecule has 1 amide bonds. The lowest BCUT2D eigenvalue weighted by Crippen LogP contribution is -2.38. The molecule has 0 bridgehead atoms. The third-order valence-corrected chi connectivity index (χ3v) is 5.35. The highest BCUT2D eigenvalue weighted by Crippen LogP contribution is 2.37. The van der Waals surface area contributed by atoms with Gasteiger partial charge < -0.3 is 19.6 Å². The zero-order chi connectivity index (χ0) is 18.1. The molecule has 0 aliphatic heterocycles. The first-order valence-corrected chi connectivity index (χ1v) is 9.14. The number of aryl methyl sites for hydroxylation is 2. The summed E-state index contributed by atoms with van der Waals surface area (Å²) in [6.07, 6.45) is 6.44. The van der Waals surface area contributed by atoms with Crippen molar-refractivity contribution in [3.8, 4) is 0 Å². The van der Waals surface area contributed by atoms with Crippen molar-refractivity contribution in [2.75, 3.05) is 13.2 Å². The fourth-order valence-corrected chi connectivity index (χ4v) is 3.99. The summed E-state index contributed by atoms with van der Waals surface area (Å²) in [7, 11) is 1.92. The lowest BCUT2D eigenvalue weighted by atomic mass is 9.86. The predicted octanol–water partition coefficient (Wildman–Crippen LogP) is 2.34. The molecular weight excluding hydrogens is 328 g/mol. The van der Waals surface area contributed by atoms with Crippen LogP contribution in [0.1, 0.15) is 35.8 Å². The quantitative estimate of drug-likeness (QED) is 0.740. The largest absolute Gasteiger partial charge is 0.395 e. The number of para-hydroxylation sites is 1. The van der Waals surface area contributed by atoms with Gasteiger partial charge in [0.05, 0.1) is 19.1 Å². The van der Waals surface area contributed by atoms with E-state index in [1.165, 1.54) is 10.9 Å².